The minimum Gasteiger partial charge on any atom is -0.481 e. The molecule has 0 unspecified atom stereocenters. The largest absolute Gasteiger partial charge is 0.481 e. The zero-order valence-corrected chi connectivity index (χ0v) is 13.4. The molecule has 0 spiro atoms. The van der Waals surface area contributed by atoms with Gasteiger partial charge in [0.1, 0.15) is 12.4 Å². The molecule has 2 aromatic rings. The van der Waals surface area contributed by atoms with Gasteiger partial charge in [0.25, 0.3) is 5.91 Å². The molecule has 2 aromatic carbocycles. The highest BCUT2D eigenvalue weighted by atomic mass is 19.4. The fourth-order valence-electron chi connectivity index (χ4n) is 1.95. The number of carbonyl (C=O) groups excluding carboxylic acids is 1. The maximum atomic E-state index is 12.6. The smallest absolute Gasteiger partial charge is 0.416 e. The first kappa shape index (κ1) is 18.9. The minimum absolute atomic E-state index is 0.0432. The van der Waals surface area contributed by atoms with Crippen molar-refractivity contribution in [1.82, 2.24) is 5.32 Å². The topological polar surface area (TPSA) is 62.1 Å². The van der Waals surface area contributed by atoms with Gasteiger partial charge in [-0.15, -0.1) is 0 Å². The average Bonchev–Trinajstić information content (AvgIpc) is 2.64. The van der Waals surface area contributed by atoms with Crippen LogP contribution in [0, 0.1) is 23.2 Å². The van der Waals surface area contributed by atoms with Crippen molar-refractivity contribution in [2.45, 2.75) is 6.18 Å². The first-order chi connectivity index (χ1) is 12.4. The molecule has 132 valence electrons. The van der Waals surface area contributed by atoms with Crippen molar-refractivity contribution in [1.29, 1.82) is 5.26 Å². The standard InChI is InChI=1S/C19H13F3N2O2/c20-19(21,22)16-7-4-8-17(12-16)26-10-2-1-9-24-18(25)15-6-3-5-14(11-15)13-23/h3-8,11-12H,9-10H2,(H,24,25). The summed E-state index contributed by atoms with van der Waals surface area (Å²) in [6, 6.07) is 12.7. The highest BCUT2D eigenvalue weighted by Crippen LogP contribution is 2.31. The monoisotopic (exact) mass is 358 g/mol. The van der Waals surface area contributed by atoms with Gasteiger partial charge in [-0.2, -0.15) is 18.4 Å². The Bertz CT molecular complexity index is 890. The summed E-state index contributed by atoms with van der Waals surface area (Å²) in [6.07, 6.45) is -4.43. The molecule has 26 heavy (non-hydrogen) atoms. The molecule has 0 saturated carbocycles. The van der Waals surface area contributed by atoms with E-state index in [2.05, 4.69) is 17.2 Å². The molecule has 0 bridgehead atoms. The lowest BCUT2D eigenvalue weighted by atomic mass is 10.1. The molecule has 0 heterocycles. The van der Waals surface area contributed by atoms with Crippen LogP contribution in [-0.4, -0.2) is 19.1 Å². The number of hydrogen-bond acceptors (Lipinski definition) is 3. The molecule has 0 saturated heterocycles. The quantitative estimate of drug-likeness (QED) is 0.853. The molecule has 0 aliphatic rings. The number of benzene rings is 2. The fraction of sp³-hybridized carbons (Fsp3) is 0.158. The molecular weight excluding hydrogens is 345 g/mol. The summed E-state index contributed by atoms with van der Waals surface area (Å²) < 4.78 is 42.9. The molecular formula is C19H13F3N2O2. The summed E-state index contributed by atoms with van der Waals surface area (Å²) in [7, 11) is 0. The van der Waals surface area contributed by atoms with Gasteiger partial charge in [0.05, 0.1) is 23.7 Å². The molecule has 0 aromatic heterocycles. The second-order valence-corrected chi connectivity index (χ2v) is 5.04. The van der Waals surface area contributed by atoms with Crippen LogP contribution in [-0.2, 0) is 6.18 Å². The molecule has 2 rings (SSSR count). The van der Waals surface area contributed by atoms with Gasteiger partial charge in [-0.3, -0.25) is 4.79 Å². The summed E-state index contributed by atoms with van der Waals surface area (Å²) >= 11 is 0. The lowest BCUT2D eigenvalue weighted by Gasteiger charge is -2.08. The van der Waals surface area contributed by atoms with E-state index in [1.54, 1.807) is 18.2 Å². The number of nitrogens with zero attached hydrogens (tertiary/aromatic N) is 1. The zero-order valence-electron chi connectivity index (χ0n) is 13.4. The first-order valence-corrected chi connectivity index (χ1v) is 7.44. The van der Waals surface area contributed by atoms with E-state index < -0.39 is 11.7 Å². The van der Waals surface area contributed by atoms with Crippen molar-refractivity contribution in [2.75, 3.05) is 13.2 Å². The van der Waals surface area contributed by atoms with Crippen LogP contribution in [0.2, 0.25) is 0 Å². The molecule has 0 atom stereocenters. The van der Waals surface area contributed by atoms with E-state index >= 15 is 0 Å². The molecule has 1 N–H and O–H groups in total. The SMILES string of the molecule is N#Cc1cccc(C(=O)NCC#CCOc2cccc(C(F)(F)F)c2)c1. The normalized spacial score (nSPS) is 10.2. The van der Waals surface area contributed by atoms with E-state index in [4.69, 9.17) is 10.00 Å². The Morgan fingerprint density at radius 3 is 2.62 bits per heavy atom. The van der Waals surface area contributed by atoms with E-state index in [1.165, 1.54) is 18.2 Å². The molecule has 4 nitrogen and oxygen atoms in total. The van der Waals surface area contributed by atoms with Crippen molar-refractivity contribution in [3.8, 4) is 23.7 Å². The number of halogens is 3. The van der Waals surface area contributed by atoms with Gasteiger partial charge in [-0.1, -0.05) is 24.0 Å². The summed E-state index contributed by atoms with van der Waals surface area (Å²) in [5.74, 6) is 4.92. The van der Waals surface area contributed by atoms with E-state index in [0.717, 1.165) is 12.1 Å². The van der Waals surface area contributed by atoms with Crippen LogP contribution >= 0.6 is 0 Å². The number of carbonyl (C=O) groups is 1. The van der Waals surface area contributed by atoms with E-state index in [0.29, 0.717) is 11.1 Å². The van der Waals surface area contributed by atoms with Gasteiger partial charge in [0.15, 0.2) is 0 Å². The molecule has 0 fully saturated rings. The van der Waals surface area contributed by atoms with Crippen LogP contribution in [0.15, 0.2) is 48.5 Å². The lowest BCUT2D eigenvalue weighted by Crippen LogP contribution is -2.23. The summed E-state index contributed by atoms with van der Waals surface area (Å²) in [4.78, 5) is 11.9. The maximum Gasteiger partial charge on any atom is 0.416 e. The predicted molar refractivity (Wildman–Crippen MR) is 88.2 cm³/mol. The van der Waals surface area contributed by atoms with E-state index in [-0.39, 0.29) is 24.8 Å². The molecule has 0 aliphatic heterocycles. The van der Waals surface area contributed by atoms with Crippen LogP contribution in [0.1, 0.15) is 21.5 Å². The second-order valence-electron chi connectivity index (χ2n) is 5.04. The van der Waals surface area contributed by atoms with Crippen molar-refractivity contribution in [2.24, 2.45) is 0 Å². The Morgan fingerprint density at radius 1 is 1.12 bits per heavy atom. The van der Waals surface area contributed by atoms with Crippen LogP contribution in [0.3, 0.4) is 0 Å². The number of rotatable bonds is 4. The minimum atomic E-state index is -4.43. The van der Waals surface area contributed by atoms with Crippen LogP contribution in [0.4, 0.5) is 13.2 Å². The van der Waals surface area contributed by atoms with Gasteiger partial charge in [0.2, 0.25) is 0 Å². The number of amides is 1. The Kier molecular flexibility index (Phi) is 6.24. The fourth-order valence-corrected chi connectivity index (χ4v) is 1.95. The third-order valence-corrected chi connectivity index (χ3v) is 3.19. The maximum absolute atomic E-state index is 12.6. The molecule has 0 aliphatic carbocycles. The third-order valence-electron chi connectivity index (χ3n) is 3.19. The number of nitriles is 1. The number of nitrogens with one attached hydrogen (secondary N) is 1. The Labute approximate surface area is 148 Å². The second kappa shape index (κ2) is 8.59. The van der Waals surface area contributed by atoms with Crippen molar-refractivity contribution in [3.05, 3.63) is 65.2 Å². The van der Waals surface area contributed by atoms with Gasteiger partial charge in [-0.25, -0.2) is 0 Å². The summed E-state index contributed by atoms with van der Waals surface area (Å²) in [5.41, 5.74) is -0.0842. The third kappa shape index (κ3) is 5.57. The number of ether oxygens (including phenoxy) is 1. The van der Waals surface area contributed by atoms with E-state index in [1.807, 2.05) is 6.07 Å². The van der Waals surface area contributed by atoms with Crippen molar-refractivity contribution in [3.63, 3.8) is 0 Å². The van der Waals surface area contributed by atoms with Gasteiger partial charge >= 0.3 is 6.18 Å². The highest BCUT2D eigenvalue weighted by Gasteiger charge is 2.30. The summed E-state index contributed by atoms with van der Waals surface area (Å²) in [5, 5.41) is 11.3. The van der Waals surface area contributed by atoms with Gasteiger partial charge in [-0.05, 0) is 36.4 Å². The molecule has 1 amide bonds. The molecule has 0 radical (unpaired) electrons. The zero-order chi connectivity index (χ0) is 19.0. The van der Waals surface area contributed by atoms with E-state index in [9.17, 15) is 18.0 Å². The molecule has 7 heteroatoms. The van der Waals surface area contributed by atoms with Crippen LogP contribution < -0.4 is 10.1 Å². The highest BCUT2D eigenvalue weighted by molar-refractivity contribution is 5.94. The Hall–Kier alpha value is -3.45. The van der Waals surface area contributed by atoms with Crippen molar-refractivity contribution >= 4 is 5.91 Å². The Balaban J connectivity index is 1.81. The number of hydrogen-bond donors (Lipinski definition) is 1. The summed E-state index contributed by atoms with van der Waals surface area (Å²) in [6.45, 7) is -0.0668. The van der Waals surface area contributed by atoms with Crippen molar-refractivity contribution < 1.29 is 22.7 Å². The Morgan fingerprint density at radius 2 is 1.88 bits per heavy atom. The van der Waals surface area contributed by atoms with Gasteiger partial charge in [0, 0.05) is 5.56 Å². The van der Waals surface area contributed by atoms with Crippen LogP contribution in [0.5, 0.6) is 5.75 Å². The van der Waals surface area contributed by atoms with Crippen LogP contribution in [0.25, 0.3) is 0 Å². The predicted octanol–water partition coefficient (Wildman–Crippen LogP) is 3.39. The first-order valence-electron chi connectivity index (χ1n) is 7.44. The lowest BCUT2D eigenvalue weighted by molar-refractivity contribution is -0.137. The number of alkyl halides is 3. The van der Waals surface area contributed by atoms with Gasteiger partial charge < -0.3 is 10.1 Å². The average molecular weight is 358 g/mol.